The lowest BCUT2D eigenvalue weighted by Gasteiger charge is -2.26. The molecular weight excluding hydrogens is 186 g/mol. The van der Waals surface area contributed by atoms with Crippen molar-refractivity contribution in [3.63, 3.8) is 0 Å². The van der Waals surface area contributed by atoms with Gasteiger partial charge in [-0.15, -0.1) is 0 Å². The molecule has 0 aromatic heterocycles. The first-order valence-corrected chi connectivity index (χ1v) is 5.41. The highest BCUT2D eigenvalue weighted by Crippen LogP contribution is 2.27. The summed E-state index contributed by atoms with van der Waals surface area (Å²) in [6, 6.07) is 7.96. The van der Waals surface area contributed by atoms with Crippen LogP contribution in [0.5, 0.6) is 0 Å². The summed E-state index contributed by atoms with van der Waals surface area (Å²) in [5, 5.41) is 9.39. The smallest absolute Gasteiger partial charge is 0.0517 e. The molecule has 0 spiro atoms. The average Bonchev–Trinajstić information content (AvgIpc) is 2.06. The number of hydrogen-bond acceptors (Lipinski definition) is 2. The minimum Gasteiger partial charge on any atom is -0.399 e. The molecule has 0 amide bonds. The lowest BCUT2D eigenvalue weighted by Crippen LogP contribution is -2.21. The average molecular weight is 207 g/mol. The van der Waals surface area contributed by atoms with Gasteiger partial charge in [-0.1, -0.05) is 26.0 Å². The van der Waals surface area contributed by atoms with Crippen molar-refractivity contribution in [1.82, 2.24) is 0 Å². The lowest BCUT2D eigenvalue weighted by atomic mass is 9.81. The van der Waals surface area contributed by atoms with Crippen molar-refractivity contribution < 1.29 is 5.11 Å². The van der Waals surface area contributed by atoms with Crippen LogP contribution in [0.15, 0.2) is 24.3 Å². The van der Waals surface area contributed by atoms with Gasteiger partial charge < -0.3 is 10.8 Å². The van der Waals surface area contributed by atoms with E-state index in [9.17, 15) is 5.11 Å². The molecule has 0 heterocycles. The van der Waals surface area contributed by atoms with Gasteiger partial charge in [0.1, 0.15) is 0 Å². The van der Waals surface area contributed by atoms with Gasteiger partial charge in [0.2, 0.25) is 0 Å². The van der Waals surface area contributed by atoms with Crippen molar-refractivity contribution in [2.75, 3.05) is 5.73 Å². The van der Waals surface area contributed by atoms with Crippen molar-refractivity contribution in [3.8, 4) is 0 Å². The molecule has 0 radical (unpaired) electrons. The summed E-state index contributed by atoms with van der Waals surface area (Å²) in [5.41, 5.74) is 7.83. The SMILES string of the molecule is CC(O)CC(C)(C)Cc1ccc(N)cc1. The van der Waals surface area contributed by atoms with Gasteiger partial charge in [-0.3, -0.25) is 0 Å². The van der Waals surface area contributed by atoms with E-state index in [0.717, 1.165) is 18.5 Å². The van der Waals surface area contributed by atoms with E-state index in [4.69, 9.17) is 5.73 Å². The maximum atomic E-state index is 9.39. The molecule has 0 aliphatic carbocycles. The van der Waals surface area contributed by atoms with Crippen LogP contribution in [-0.4, -0.2) is 11.2 Å². The number of nitrogen functional groups attached to an aromatic ring is 1. The van der Waals surface area contributed by atoms with Gasteiger partial charge in [0, 0.05) is 5.69 Å². The number of nitrogens with two attached hydrogens (primary N) is 1. The van der Waals surface area contributed by atoms with Crippen LogP contribution in [-0.2, 0) is 6.42 Å². The molecule has 0 aliphatic rings. The van der Waals surface area contributed by atoms with E-state index in [1.165, 1.54) is 5.56 Å². The summed E-state index contributed by atoms with van der Waals surface area (Å²) < 4.78 is 0. The molecule has 0 fully saturated rings. The Morgan fingerprint density at radius 3 is 2.27 bits per heavy atom. The van der Waals surface area contributed by atoms with Crippen molar-refractivity contribution in [2.24, 2.45) is 5.41 Å². The second-order valence-corrected chi connectivity index (χ2v) is 5.14. The number of benzene rings is 1. The Morgan fingerprint density at radius 2 is 1.80 bits per heavy atom. The van der Waals surface area contributed by atoms with Gasteiger partial charge in [0.15, 0.2) is 0 Å². The standard InChI is InChI=1S/C13H21NO/c1-10(15)8-13(2,3)9-11-4-6-12(14)7-5-11/h4-7,10,15H,8-9,14H2,1-3H3. The van der Waals surface area contributed by atoms with Crippen molar-refractivity contribution >= 4 is 5.69 Å². The summed E-state index contributed by atoms with van der Waals surface area (Å²) in [6.45, 7) is 6.19. The summed E-state index contributed by atoms with van der Waals surface area (Å²) in [4.78, 5) is 0. The molecule has 3 N–H and O–H groups in total. The molecule has 1 rings (SSSR count). The van der Waals surface area contributed by atoms with E-state index in [-0.39, 0.29) is 11.5 Å². The van der Waals surface area contributed by atoms with E-state index in [2.05, 4.69) is 26.0 Å². The van der Waals surface area contributed by atoms with Gasteiger partial charge in [-0.05, 0) is 42.9 Å². The van der Waals surface area contributed by atoms with Gasteiger partial charge in [-0.2, -0.15) is 0 Å². The van der Waals surface area contributed by atoms with Gasteiger partial charge >= 0.3 is 0 Å². The van der Waals surface area contributed by atoms with Gasteiger partial charge in [-0.25, -0.2) is 0 Å². The maximum Gasteiger partial charge on any atom is 0.0517 e. The van der Waals surface area contributed by atoms with Crippen LogP contribution < -0.4 is 5.73 Å². The lowest BCUT2D eigenvalue weighted by molar-refractivity contribution is 0.129. The highest BCUT2D eigenvalue weighted by Gasteiger charge is 2.20. The van der Waals surface area contributed by atoms with E-state index in [1.54, 1.807) is 0 Å². The Morgan fingerprint density at radius 1 is 1.27 bits per heavy atom. The fourth-order valence-electron chi connectivity index (χ4n) is 2.06. The predicted octanol–water partition coefficient (Wildman–Crippen LogP) is 2.61. The van der Waals surface area contributed by atoms with Crippen LogP contribution in [0, 0.1) is 5.41 Å². The molecule has 0 saturated carbocycles. The van der Waals surface area contributed by atoms with Crippen molar-refractivity contribution in [1.29, 1.82) is 0 Å². The molecule has 1 aromatic rings. The van der Waals surface area contributed by atoms with Crippen molar-refractivity contribution in [2.45, 2.75) is 39.7 Å². The van der Waals surface area contributed by atoms with E-state index >= 15 is 0 Å². The highest BCUT2D eigenvalue weighted by molar-refractivity contribution is 5.39. The first kappa shape index (κ1) is 12.1. The van der Waals surface area contributed by atoms with Crippen LogP contribution in [0.1, 0.15) is 32.8 Å². The number of hydrogen-bond donors (Lipinski definition) is 2. The number of aliphatic hydroxyl groups is 1. The van der Waals surface area contributed by atoms with Crippen LogP contribution in [0.25, 0.3) is 0 Å². The Kier molecular flexibility index (Phi) is 3.75. The zero-order valence-corrected chi connectivity index (χ0v) is 9.83. The maximum absolute atomic E-state index is 9.39. The summed E-state index contributed by atoms with van der Waals surface area (Å²) in [7, 11) is 0. The Balaban J connectivity index is 2.64. The molecule has 2 heteroatoms. The third-order valence-corrected chi connectivity index (χ3v) is 2.51. The zero-order valence-electron chi connectivity index (χ0n) is 9.83. The largest absolute Gasteiger partial charge is 0.399 e. The summed E-state index contributed by atoms with van der Waals surface area (Å²) in [5.74, 6) is 0. The Bertz CT molecular complexity index is 301. The fourth-order valence-corrected chi connectivity index (χ4v) is 2.06. The Labute approximate surface area is 92.1 Å². The van der Waals surface area contributed by atoms with Crippen LogP contribution in [0.2, 0.25) is 0 Å². The summed E-state index contributed by atoms with van der Waals surface area (Å²) in [6.07, 6.45) is 1.55. The first-order valence-electron chi connectivity index (χ1n) is 5.41. The molecule has 1 atom stereocenters. The molecule has 1 aromatic carbocycles. The number of aliphatic hydroxyl groups excluding tert-OH is 1. The molecule has 0 bridgehead atoms. The highest BCUT2D eigenvalue weighted by atomic mass is 16.3. The monoisotopic (exact) mass is 207 g/mol. The summed E-state index contributed by atoms with van der Waals surface area (Å²) >= 11 is 0. The number of rotatable bonds is 4. The minimum absolute atomic E-state index is 0.129. The second kappa shape index (κ2) is 4.67. The molecule has 0 saturated heterocycles. The van der Waals surface area contributed by atoms with E-state index < -0.39 is 0 Å². The zero-order chi connectivity index (χ0) is 11.5. The van der Waals surface area contributed by atoms with E-state index in [0.29, 0.717) is 0 Å². The normalized spacial score (nSPS) is 13.9. The fraction of sp³-hybridized carbons (Fsp3) is 0.538. The molecule has 0 aliphatic heterocycles. The van der Waals surface area contributed by atoms with Crippen LogP contribution in [0.3, 0.4) is 0 Å². The molecule has 84 valence electrons. The Hall–Kier alpha value is -1.02. The number of anilines is 1. The quantitative estimate of drug-likeness (QED) is 0.745. The second-order valence-electron chi connectivity index (χ2n) is 5.14. The minimum atomic E-state index is -0.242. The molecule has 1 unspecified atom stereocenters. The molecule has 15 heavy (non-hydrogen) atoms. The molecule has 2 nitrogen and oxygen atoms in total. The van der Waals surface area contributed by atoms with Crippen LogP contribution in [0.4, 0.5) is 5.69 Å². The molecular formula is C13H21NO. The first-order chi connectivity index (χ1) is 6.89. The van der Waals surface area contributed by atoms with Crippen molar-refractivity contribution in [3.05, 3.63) is 29.8 Å². The topological polar surface area (TPSA) is 46.2 Å². The van der Waals surface area contributed by atoms with Gasteiger partial charge in [0.05, 0.1) is 6.10 Å². The predicted molar refractivity (Wildman–Crippen MR) is 64.6 cm³/mol. The van der Waals surface area contributed by atoms with E-state index in [1.807, 2.05) is 19.1 Å². The van der Waals surface area contributed by atoms with Crippen LogP contribution >= 0.6 is 0 Å². The third kappa shape index (κ3) is 4.34. The third-order valence-electron chi connectivity index (χ3n) is 2.51. The van der Waals surface area contributed by atoms with Gasteiger partial charge in [0.25, 0.3) is 0 Å².